The Balaban J connectivity index is 1.61. The van der Waals surface area contributed by atoms with Crippen molar-refractivity contribution in [3.63, 3.8) is 0 Å². The summed E-state index contributed by atoms with van der Waals surface area (Å²) in [7, 11) is -3.68. The predicted molar refractivity (Wildman–Crippen MR) is 112 cm³/mol. The molecule has 3 aromatic carbocycles. The second kappa shape index (κ2) is 8.70. The minimum Gasteiger partial charge on any atom is -0.323 e. The van der Waals surface area contributed by atoms with Crippen molar-refractivity contribution in [2.24, 2.45) is 0 Å². The van der Waals surface area contributed by atoms with Crippen LogP contribution in [0.3, 0.4) is 0 Å². The molecule has 3 rings (SSSR count). The topological polar surface area (TPSA) is 75.3 Å². The second-order valence-corrected chi connectivity index (χ2v) is 8.05. The Bertz CT molecular complexity index is 1120. The number of aryl methyl sites for hydroxylation is 1. The fourth-order valence-corrected chi connectivity index (χ4v) is 3.54. The molecule has 3 aromatic rings. The zero-order valence-electron chi connectivity index (χ0n) is 15.6. The van der Waals surface area contributed by atoms with Crippen LogP contribution >= 0.6 is 0 Å². The lowest BCUT2D eigenvalue weighted by Gasteiger charge is -2.09. The third-order valence-electron chi connectivity index (χ3n) is 4.03. The molecule has 7 heteroatoms. The Morgan fingerprint density at radius 1 is 0.862 bits per heavy atom. The van der Waals surface area contributed by atoms with Gasteiger partial charge in [-0.2, -0.15) is 0 Å². The highest BCUT2D eigenvalue weighted by atomic mass is 32.2. The fraction of sp³-hybridized carbons (Fsp3) is 0.0455. The maximum absolute atomic E-state index is 12.9. The van der Waals surface area contributed by atoms with Gasteiger partial charge in [-0.1, -0.05) is 29.8 Å². The van der Waals surface area contributed by atoms with E-state index >= 15 is 0 Å². The van der Waals surface area contributed by atoms with Gasteiger partial charge in [-0.3, -0.25) is 9.52 Å². The van der Waals surface area contributed by atoms with Crippen molar-refractivity contribution in [2.45, 2.75) is 11.8 Å². The molecule has 2 N–H and O–H groups in total. The second-order valence-electron chi connectivity index (χ2n) is 6.37. The molecule has 0 saturated carbocycles. The molecule has 0 unspecified atom stereocenters. The number of benzene rings is 3. The average Bonchev–Trinajstić information content (AvgIpc) is 2.69. The van der Waals surface area contributed by atoms with E-state index in [1.807, 2.05) is 6.92 Å². The summed E-state index contributed by atoms with van der Waals surface area (Å²) < 4.78 is 40.2. The van der Waals surface area contributed by atoms with E-state index in [9.17, 15) is 17.6 Å². The Kier molecular flexibility index (Phi) is 6.09. The smallest absolute Gasteiger partial charge is 0.261 e. The van der Waals surface area contributed by atoms with E-state index in [1.165, 1.54) is 18.2 Å². The van der Waals surface area contributed by atoms with Crippen LogP contribution in [0.5, 0.6) is 0 Å². The number of hydrogen-bond donors (Lipinski definition) is 2. The van der Waals surface area contributed by atoms with Gasteiger partial charge in [-0.15, -0.1) is 0 Å². The molecule has 0 atom stereocenters. The van der Waals surface area contributed by atoms with Gasteiger partial charge in [-0.05, 0) is 67.1 Å². The van der Waals surface area contributed by atoms with Crippen molar-refractivity contribution in [1.82, 2.24) is 0 Å². The number of carbonyl (C=O) groups excluding carboxylic acids is 1. The molecule has 0 aliphatic carbocycles. The number of carbonyl (C=O) groups is 1. The van der Waals surface area contributed by atoms with Crippen molar-refractivity contribution in [3.8, 4) is 0 Å². The van der Waals surface area contributed by atoms with Crippen molar-refractivity contribution in [2.75, 3.05) is 10.0 Å². The van der Waals surface area contributed by atoms with Crippen LogP contribution in [0.1, 0.15) is 11.1 Å². The molecule has 0 bridgehead atoms. The number of sulfonamides is 1. The molecule has 148 valence electrons. The standard InChI is InChI=1S/C22H19FN2O3S/c1-16-2-13-21(14-3-16)29(27,28)25-20-11-9-19(10-12-20)24-22(26)15-6-17-4-7-18(23)8-5-17/h2-15,25H,1H3,(H,24,26)/b15-6+. The van der Waals surface area contributed by atoms with Crippen LogP contribution in [0, 0.1) is 12.7 Å². The van der Waals surface area contributed by atoms with E-state index in [4.69, 9.17) is 0 Å². The summed E-state index contributed by atoms with van der Waals surface area (Å²) in [5.41, 5.74) is 2.56. The molecule has 1 amide bonds. The van der Waals surface area contributed by atoms with Crippen LogP contribution in [0.4, 0.5) is 15.8 Å². The molecule has 0 heterocycles. The van der Waals surface area contributed by atoms with Crippen LogP contribution in [-0.2, 0) is 14.8 Å². The van der Waals surface area contributed by atoms with Gasteiger partial charge < -0.3 is 5.32 Å². The van der Waals surface area contributed by atoms with E-state index in [0.29, 0.717) is 16.9 Å². The van der Waals surface area contributed by atoms with Crippen LogP contribution in [0.15, 0.2) is 83.8 Å². The first-order valence-electron chi connectivity index (χ1n) is 8.76. The zero-order chi connectivity index (χ0) is 20.9. The largest absolute Gasteiger partial charge is 0.323 e. The number of anilines is 2. The van der Waals surface area contributed by atoms with Gasteiger partial charge in [0.05, 0.1) is 4.90 Å². The monoisotopic (exact) mass is 410 g/mol. The molecule has 0 aliphatic rings. The number of amides is 1. The van der Waals surface area contributed by atoms with Gasteiger partial charge in [0.2, 0.25) is 5.91 Å². The summed E-state index contributed by atoms with van der Waals surface area (Å²) in [5.74, 6) is -0.702. The normalized spacial score (nSPS) is 11.4. The van der Waals surface area contributed by atoms with E-state index in [-0.39, 0.29) is 16.6 Å². The number of nitrogens with one attached hydrogen (secondary N) is 2. The lowest BCUT2D eigenvalue weighted by atomic mass is 10.2. The Labute approximate surface area is 169 Å². The summed E-state index contributed by atoms with van der Waals surface area (Å²) in [6, 6.07) is 18.6. The molecule has 0 spiro atoms. The van der Waals surface area contributed by atoms with Gasteiger partial charge >= 0.3 is 0 Å². The van der Waals surface area contributed by atoms with Gasteiger partial charge in [0, 0.05) is 17.5 Å². The van der Waals surface area contributed by atoms with Crippen molar-refractivity contribution in [1.29, 1.82) is 0 Å². The third kappa shape index (κ3) is 5.76. The highest BCUT2D eigenvalue weighted by Crippen LogP contribution is 2.19. The average molecular weight is 410 g/mol. The van der Waals surface area contributed by atoms with Crippen LogP contribution < -0.4 is 10.0 Å². The SMILES string of the molecule is Cc1ccc(S(=O)(=O)Nc2ccc(NC(=O)/C=C/c3ccc(F)cc3)cc2)cc1. The summed E-state index contributed by atoms with van der Waals surface area (Å²) in [5, 5.41) is 2.67. The summed E-state index contributed by atoms with van der Waals surface area (Å²) in [6.07, 6.45) is 2.90. The van der Waals surface area contributed by atoms with Crippen molar-refractivity contribution < 1.29 is 17.6 Å². The number of rotatable bonds is 6. The Morgan fingerprint density at radius 2 is 1.45 bits per heavy atom. The van der Waals surface area contributed by atoms with Crippen molar-refractivity contribution >= 4 is 33.4 Å². The summed E-state index contributed by atoms with van der Waals surface area (Å²) >= 11 is 0. The van der Waals surface area contributed by atoms with Gasteiger partial charge in [0.25, 0.3) is 10.0 Å². The zero-order valence-corrected chi connectivity index (χ0v) is 16.4. The third-order valence-corrected chi connectivity index (χ3v) is 5.43. The first-order valence-corrected chi connectivity index (χ1v) is 10.2. The molecular formula is C22H19FN2O3S. The first kappa shape index (κ1) is 20.3. The molecule has 0 radical (unpaired) electrons. The number of halogens is 1. The highest BCUT2D eigenvalue weighted by molar-refractivity contribution is 7.92. The van der Waals surface area contributed by atoms with E-state index in [0.717, 1.165) is 5.56 Å². The van der Waals surface area contributed by atoms with E-state index < -0.39 is 10.0 Å². The predicted octanol–water partition coefficient (Wildman–Crippen LogP) is 4.59. The quantitative estimate of drug-likeness (QED) is 0.584. The van der Waals surface area contributed by atoms with Gasteiger partial charge in [0.1, 0.15) is 5.82 Å². The summed E-state index contributed by atoms with van der Waals surface area (Å²) in [4.78, 5) is 12.2. The molecule has 0 aliphatic heterocycles. The van der Waals surface area contributed by atoms with Crippen molar-refractivity contribution in [3.05, 3.63) is 95.8 Å². The van der Waals surface area contributed by atoms with Gasteiger partial charge in [-0.25, -0.2) is 12.8 Å². The fourth-order valence-electron chi connectivity index (χ4n) is 2.48. The lowest BCUT2D eigenvalue weighted by molar-refractivity contribution is -0.111. The van der Waals surface area contributed by atoms with Crippen LogP contribution in [-0.4, -0.2) is 14.3 Å². The minimum atomic E-state index is -3.68. The molecule has 5 nitrogen and oxygen atoms in total. The molecular weight excluding hydrogens is 391 g/mol. The number of hydrogen-bond acceptors (Lipinski definition) is 3. The molecule has 0 fully saturated rings. The summed E-state index contributed by atoms with van der Waals surface area (Å²) in [6.45, 7) is 1.88. The Morgan fingerprint density at radius 3 is 2.07 bits per heavy atom. The van der Waals surface area contributed by atoms with Gasteiger partial charge in [0.15, 0.2) is 0 Å². The maximum atomic E-state index is 12.9. The molecule has 29 heavy (non-hydrogen) atoms. The van der Waals surface area contributed by atoms with Crippen LogP contribution in [0.25, 0.3) is 6.08 Å². The van der Waals surface area contributed by atoms with Crippen LogP contribution in [0.2, 0.25) is 0 Å². The maximum Gasteiger partial charge on any atom is 0.261 e. The van der Waals surface area contributed by atoms with E-state index in [2.05, 4.69) is 10.0 Å². The Hall–Kier alpha value is -3.45. The minimum absolute atomic E-state index is 0.173. The lowest BCUT2D eigenvalue weighted by Crippen LogP contribution is -2.13. The first-order chi connectivity index (χ1) is 13.8. The highest BCUT2D eigenvalue weighted by Gasteiger charge is 2.13. The molecule has 0 aromatic heterocycles. The molecule has 0 saturated heterocycles. The van der Waals surface area contributed by atoms with E-state index in [1.54, 1.807) is 66.7 Å².